The summed E-state index contributed by atoms with van der Waals surface area (Å²) in [5.74, 6) is -0.122. The van der Waals surface area contributed by atoms with Gasteiger partial charge in [0.25, 0.3) is 0 Å². The molecule has 1 aromatic heterocycles. The second-order valence-electron chi connectivity index (χ2n) is 7.81. The van der Waals surface area contributed by atoms with Crippen LogP contribution in [-0.4, -0.2) is 10.7 Å². The first-order valence-corrected chi connectivity index (χ1v) is 11.3. The summed E-state index contributed by atoms with van der Waals surface area (Å²) in [6, 6.07) is 26.6. The second-order valence-corrected chi connectivity index (χ2v) is 7.81. The highest BCUT2D eigenvalue weighted by molar-refractivity contribution is 6.08. The number of halogens is 2. The van der Waals surface area contributed by atoms with E-state index in [0.29, 0.717) is 17.9 Å². The van der Waals surface area contributed by atoms with E-state index < -0.39 is 5.95 Å². The molecule has 0 N–H and O–H groups in total. The van der Waals surface area contributed by atoms with Gasteiger partial charge in [-0.2, -0.15) is 4.39 Å². The van der Waals surface area contributed by atoms with Gasteiger partial charge in [-0.15, -0.1) is 0 Å². The molecule has 1 heterocycles. The average Bonchev–Trinajstić information content (AvgIpc) is 2.92. The van der Waals surface area contributed by atoms with Gasteiger partial charge in [-0.05, 0) is 59.7 Å². The van der Waals surface area contributed by atoms with E-state index >= 15 is 0 Å². The van der Waals surface area contributed by atoms with Crippen LogP contribution in [-0.2, 0) is 18.1 Å². The minimum atomic E-state index is -0.554. The van der Waals surface area contributed by atoms with Crippen LogP contribution in [0.25, 0.3) is 12.2 Å². The highest BCUT2D eigenvalue weighted by Crippen LogP contribution is 2.21. The second kappa shape index (κ2) is 12.8. The molecule has 0 bridgehead atoms. The lowest BCUT2D eigenvalue weighted by Gasteiger charge is -2.09. The molecule has 0 unspecified atom stereocenters. The first kappa shape index (κ1) is 24.5. The number of pyridine rings is 1. The molecule has 0 aliphatic rings. The molecule has 0 radical (unpaired) electrons. The SMILES string of the molecule is Fc1ccc(/C=C/C(/C=C/c2ccccc2OCc2ccccc2)=N\OCc2ccc(F)nc2)cc1. The number of hydrogen-bond acceptors (Lipinski definition) is 4. The standard InChI is InChI=1S/C30H24F2N2O2/c31-27-15-10-23(11-16-27)12-17-28(34-36-22-25-13-19-30(32)33-20-25)18-14-26-8-4-5-9-29(26)35-21-24-6-2-1-3-7-24/h1-20H,21-22H2/b17-12+,18-14+,34-28+. The monoisotopic (exact) mass is 482 g/mol. The number of para-hydroxylation sites is 1. The van der Waals surface area contributed by atoms with Crippen LogP contribution in [0.1, 0.15) is 22.3 Å². The Bertz CT molecular complexity index is 1330. The summed E-state index contributed by atoms with van der Waals surface area (Å²) in [4.78, 5) is 9.10. The number of benzene rings is 3. The Labute approximate surface area is 208 Å². The third-order valence-electron chi connectivity index (χ3n) is 5.10. The van der Waals surface area contributed by atoms with E-state index in [2.05, 4.69) is 10.1 Å². The van der Waals surface area contributed by atoms with E-state index in [9.17, 15) is 8.78 Å². The van der Waals surface area contributed by atoms with Gasteiger partial charge in [0.1, 0.15) is 30.5 Å². The van der Waals surface area contributed by atoms with Crippen LogP contribution in [0.4, 0.5) is 8.78 Å². The maximum absolute atomic E-state index is 13.2. The number of rotatable bonds is 10. The zero-order valence-electron chi connectivity index (χ0n) is 19.4. The predicted octanol–water partition coefficient (Wildman–Crippen LogP) is 7.24. The molecular formula is C30H24F2N2O2. The van der Waals surface area contributed by atoms with Gasteiger partial charge >= 0.3 is 0 Å². The molecule has 6 heteroatoms. The minimum absolute atomic E-state index is 0.131. The van der Waals surface area contributed by atoms with Crippen molar-refractivity contribution in [3.63, 3.8) is 0 Å². The fraction of sp³-hybridized carbons (Fsp3) is 0.0667. The Morgan fingerprint density at radius 1 is 0.750 bits per heavy atom. The lowest BCUT2D eigenvalue weighted by Crippen LogP contribution is -1.97. The van der Waals surface area contributed by atoms with Gasteiger partial charge in [-0.3, -0.25) is 0 Å². The summed E-state index contributed by atoms with van der Waals surface area (Å²) >= 11 is 0. The quantitative estimate of drug-likeness (QED) is 0.136. The van der Waals surface area contributed by atoms with Crippen molar-refractivity contribution in [2.24, 2.45) is 5.16 Å². The molecule has 0 amide bonds. The molecule has 180 valence electrons. The van der Waals surface area contributed by atoms with E-state index in [0.717, 1.165) is 22.4 Å². The van der Waals surface area contributed by atoms with Crippen LogP contribution >= 0.6 is 0 Å². The van der Waals surface area contributed by atoms with E-state index in [1.165, 1.54) is 24.4 Å². The fourth-order valence-electron chi connectivity index (χ4n) is 3.21. The van der Waals surface area contributed by atoms with Crippen molar-refractivity contribution in [3.05, 3.63) is 143 Å². The largest absolute Gasteiger partial charge is 0.488 e. The zero-order chi connectivity index (χ0) is 25.0. The van der Waals surface area contributed by atoms with Gasteiger partial charge < -0.3 is 9.57 Å². The first-order chi connectivity index (χ1) is 17.7. The topological polar surface area (TPSA) is 43.7 Å². The molecule has 0 fully saturated rings. The van der Waals surface area contributed by atoms with Crippen LogP contribution in [0.5, 0.6) is 5.75 Å². The van der Waals surface area contributed by atoms with Crippen molar-refractivity contribution in [2.75, 3.05) is 0 Å². The van der Waals surface area contributed by atoms with Crippen molar-refractivity contribution < 1.29 is 18.4 Å². The van der Waals surface area contributed by atoms with Crippen LogP contribution in [0.3, 0.4) is 0 Å². The smallest absolute Gasteiger partial charge is 0.212 e. The molecule has 0 saturated carbocycles. The van der Waals surface area contributed by atoms with Crippen LogP contribution < -0.4 is 4.74 Å². The Balaban J connectivity index is 1.51. The number of hydrogen-bond donors (Lipinski definition) is 0. The molecule has 0 aliphatic carbocycles. The summed E-state index contributed by atoms with van der Waals surface area (Å²) in [7, 11) is 0. The van der Waals surface area contributed by atoms with E-state index in [4.69, 9.17) is 9.57 Å². The lowest BCUT2D eigenvalue weighted by atomic mass is 10.1. The normalized spacial score (nSPS) is 11.8. The van der Waals surface area contributed by atoms with Crippen LogP contribution in [0, 0.1) is 11.8 Å². The maximum atomic E-state index is 13.2. The number of allylic oxidation sites excluding steroid dienone is 2. The van der Waals surface area contributed by atoms with Gasteiger partial charge in [0.15, 0.2) is 0 Å². The van der Waals surface area contributed by atoms with Crippen molar-refractivity contribution in [1.82, 2.24) is 4.98 Å². The third-order valence-corrected chi connectivity index (χ3v) is 5.10. The average molecular weight is 483 g/mol. The highest BCUT2D eigenvalue weighted by Gasteiger charge is 2.02. The Morgan fingerprint density at radius 3 is 2.28 bits per heavy atom. The predicted molar refractivity (Wildman–Crippen MR) is 138 cm³/mol. The van der Waals surface area contributed by atoms with Crippen molar-refractivity contribution in [1.29, 1.82) is 0 Å². The minimum Gasteiger partial charge on any atom is -0.488 e. The molecular weight excluding hydrogens is 458 g/mol. The molecule has 0 atom stereocenters. The number of aromatic nitrogens is 1. The molecule has 4 aromatic rings. The number of nitrogens with zero attached hydrogens (tertiary/aromatic N) is 2. The fourth-order valence-corrected chi connectivity index (χ4v) is 3.21. The van der Waals surface area contributed by atoms with Crippen molar-refractivity contribution in [2.45, 2.75) is 13.2 Å². The first-order valence-electron chi connectivity index (χ1n) is 11.3. The number of oxime groups is 1. The van der Waals surface area contributed by atoms with E-state index in [-0.39, 0.29) is 12.4 Å². The Hall–Kier alpha value is -4.58. The van der Waals surface area contributed by atoms with E-state index in [1.807, 2.05) is 66.7 Å². The molecule has 4 nitrogen and oxygen atoms in total. The van der Waals surface area contributed by atoms with Gasteiger partial charge in [0.2, 0.25) is 5.95 Å². The Kier molecular flexibility index (Phi) is 8.70. The molecule has 36 heavy (non-hydrogen) atoms. The van der Waals surface area contributed by atoms with Gasteiger partial charge in [-0.1, -0.05) is 71.9 Å². The molecule has 3 aromatic carbocycles. The highest BCUT2D eigenvalue weighted by atomic mass is 19.1. The van der Waals surface area contributed by atoms with E-state index in [1.54, 1.807) is 30.4 Å². The summed E-state index contributed by atoms with van der Waals surface area (Å²) in [5, 5.41) is 4.22. The molecule has 0 aliphatic heterocycles. The molecule has 4 rings (SSSR count). The summed E-state index contributed by atoms with van der Waals surface area (Å²) in [5.41, 5.74) is 3.97. The lowest BCUT2D eigenvalue weighted by molar-refractivity contribution is 0.131. The van der Waals surface area contributed by atoms with Crippen LogP contribution in [0.15, 0.2) is 115 Å². The number of ether oxygens (including phenoxy) is 1. The Morgan fingerprint density at radius 2 is 1.50 bits per heavy atom. The van der Waals surface area contributed by atoms with Gasteiger partial charge in [0, 0.05) is 17.3 Å². The van der Waals surface area contributed by atoms with Crippen LogP contribution in [0.2, 0.25) is 0 Å². The van der Waals surface area contributed by atoms with Crippen molar-refractivity contribution in [3.8, 4) is 5.75 Å². The summed E-state index contributed by atoms with van der Waals surface area (Å²) in [6.45, 7) is 0.581. The molecule has 0 spiro atoms. The van der Waals surface area contributed by atoms with Gasteiger partial charge in [0.05, 0.1) is 0 Å². The molecule has 0 saturated heterocycles. The zero-order valence-corrected chi connectivity index (χ0v) is 19.4. The third kappa shape index (κ3) is 7.74. The maximum Gasteiger partial charge on any atom is 0.212 e. The summed E-state index contributed by atoms with van der Waals surface area (Å²) < 4.78 is 32.3. The summed E-state index contributed by atoms with van der Waals surface area (Å²) in [6.07, 6.45) is 8.66. The van der Waals surface area contributed by atoms with Crippen molar-refractivity contribution >= 4 is 17.9 Å². The van der Waals surface area contributed by atoms with Gasteiger partial charge in [-0.25, -0.2) is 9.37 Å².